The monoisotopic (exact) mass is 361 g/mol. The molecule has 8 nitrogen and oxygen atoms in total. The van der Waals surface area contributed by atoms with Gasteiger partial charge in [0.2, 0.25) is 0 Å². The number of hydrogen-bond donors (Lipinski definition) is 2. The number of carbonyl (C=O) groups is 1. The summed E-state index contributed by atoms with van der Waals surface area (Å²) in [5, 5.41) is 10.8. The Morgan fingerprint density at radius 3 is 2.48 bits per heavy atom. The van der Waals surface area contributed by atoms with Gasteiger partial charge in [0, 0.05) is 41.7 Å². The highest BCUT2D eigenvalue weighted by atomic mass is 16.6. The second-order valence-electron chi connectivity index (χ2n) is 5.46. The van der Waals surface area contributed by atoms with Gasteiger partial charge in [-0.25, -0.2) is 9.97 Å². The van der Waals surface area contributed by atoms with E-state index in [1.54, 1.807) is 18.2 Å². The van der Waals surface area contributed by atoms with Gasteiger partial charge in [-0.3, -0.25) is 25.8 Å². The largest absolute Gasteiger partial charge is 0.298 e. The lowest BCUT2D eigenvalue weighted by atomic mass is 10.2. The molecule has 0 bridgehead atoms. The van der Waals surface area contributed by atoms with Crippen molar-refractivity contribution in [3.8, 4) is 11.4 Å². The summed E-state index contributed by atoms with van der Waals surface area (Å²) < 4.78 is 0. The van der Waals surface area contributed by atoms with Crippen molar-refractivity contribution in [3.63, 3.8) is 0 Å². The molecule has 0 aliphatic heterocycles. The Morgan fingerprint density at radius 1 is 1.04 bits per heavy atom. The Morgan fingerprint density at radius 2 is 1.78 bits per heavy atom. The van der Waals surface area contributed by atoms with Crippen molar-refractivity contribution in [3.05, 3.63) is 88.7 Å². The molecular formula is C19H15N5O3. The van der Waals surface area contributed by atoms with Crippen LogP contribution in [0.15, 0.2) is 73.1 Å². The van der Waals surface area contributed by atoms with Crippen LogP contribution in [0.4, 0.5) is 11.4 Å². The minimum absolute atomic E-state index is 0.0253. The molecule has 3 aromatic rings. The van der Waals surface area contributed by atoms with Crippen LogP contribution >= 0.6 is 0 Å². The quantitative estimate of drug-likeness (QED) is 0.396. The molecule has 0 unspecified atom stereocenters. The average molecular weight is 361 g/mol. The van der Waals surface area contributed by atoms with Gasteiger partial charge in [0.05, 0.1) is 10.6 Å². The summed E-state index contributed by atoms with van der Waals surface area (Å²) in [7, 11) is 0. The van der Waals surface area contributed by atoms with Crippen molar-refractivity contribution in [1.29, 1.82) is 0 Å². The van der Waals surface area contributed by atoms with E-state index in [2.05, 4.69) is 20.8 Å². The fraction of sp³-hybridized carbons (Fsp3) is 0. The van der Waals surface area contributed by atoms with E-state index in [1.165, 1.54) is 30.6 Å². The standard InChI is InChI=1S/C19H15N5O3/c25-18(23-22-16-6-2-1-3-7-16)10-9-14-12-20-19(21-13-14)15-5-4-8-17(11-15)24(26)27/h1-13,22H,(H,23,25)/b10-9+. The number of anilines is 1. The van der Waals surface area contributed by atoms with Gasteiger partial charge in [-0.15, -0.1) is 0 Å². The van der Waals surface area contributed by atoms with E-state index in [-0.39, 0.29) is 11.6 Å². The van der Waals surface area contributed by atoms with Gasteiger partial charge in [-0.05, 0) is 18.2 Å². The van der Waals surface area contributed by atoms with Gasteiger partial charge in [-0.1, -0.05) is 30.3 Å². The molecule has 3 rings (SSSR count). The predicted molar refractivity (Wildman–Crippen MR) is 101 cm³/mol. The second-order valence-corrected chi connectivity index (χ2v) is 5.46. The van der Waals surface area contributed by atoms with Crippen LogP contribution in [0.5, 0.6) is 0 Å². The third kappa shape index (κ3) is 4.95. The van der Waals surface area contributed by atoms with E-state index in [0.717, 1.165) is 5.69 Å². The third-order valence-corrected chi connectivity index (χ3v) is 3.52. The molecule has 0 saturated carbocycles. The number of hydrogen-bond acceptors (Lipinski definition) is 6. The molecule has 0 atom stereocenters. The fourth-order valence-corrected chi connectivity index (χ4v) is 2.20. The summed E-state index contributed by atoms with van der Waals surface area (Å²) in [5.41, 5.74) is 7.24. The Hall–Kier alpha value is -4.07. The van der Waals surface area contributed by atoms with Crippen LogP contribution in [0.2, 0.25) is 0 Å². The van der Waals surface area contributed by atoms with E-state index in [0.29, 0.717) is 17.0 Å². The maximum atomic E-state index is 11.8. The summed E-state index contributed by atoms with van der Waals surface area (Å²) in [6.45, 7) is 0. The number of non-ortho nitro benzene ring substituents is 1. The van der Waals surface area contributed by atoms with Gasteiger partial charge in [0.15, 0.2) is 5.82 Å². The lowest BCUT2D eigenvalue weighted by Gasteiger charge is -2.05. The first kappa shape index (κ1) is 17.7. The Bertz CT molecular complexity index is 972. The molecule has 27 heavy (non-hydrogen) atoms. The van der Waals surface area contributed by atoms with Crippen LogP contribution in [0, 0.1) is 10.1 Å². The zero-order chi connectivity index (χ0) is 19.1. The number of para-hydroxylation sites is 1. The molecule has 0 aliphatic rings. The fourth-order valence-electron chi connectivity index (χ4n) is 2.20. The molecule has 2 N–H and O–H groups in total. The highest BCUT2D eigenvalue weighted by molar-refractivity contribution is 5.92. The van der Waals surface area contributed by atoms with Crippen molar-refractivity contribution in [2.24, 2.45) is 0 Å². The molecule has 0 saturated heterocycles. The van der Waals surface area contributed by atoms with Crippen LogP contribution in [0.3, 0.4) is 0 Å². The topological polar surface area (TPSA) is 110 Å². The molecule has 0 fully saturated rings. The summed E-state index contributed by atoms with van der Waals surface area (Å²) in [6, 6.07) is 15.3. The number of amides is 1. The summed E-state index contributed by atoms with van der Waals surface area (Å²) in [5.74, 6) is 0.0349. The lowest BCUT2D eigenvalue weighted by Crippen LogP contribution is -2.27. The van der Waals surface area contributed by atoms with E-state index < -0.39 is 4.92 Å². The Balaban J connectivity index is 1.61. The molecular weight excluding hydrogens is 346 g/mol. The van der Waals surface area contributed by atoms with Crippen LogP contribution in [-0.4, -0.2) is 20.8 Å². The molecule has 0 radical (unpaired) electrons. The molecule has 0 aliphatic carbocycles. The minimum atomic E-state index is -0.470. The number of hydrazine groups is 1. The van der Waals surface area contributed by atoms with Gasteiger partial charge in [0.1, 0.15) is 0 Å². The number of nitrogens with zero attached hydrogens (tertiary/aromatic N) is 3. The number of nitro benzene ring substituents is 1. The van der Waals surface area contributed by atoms with E-state index in [4.69, 9.17) is 0 Å². The van der Waals surface area contributed by atoms with Crippen LogP contribution in [-0.2, 0) is 4.79 Å². The van der Waals surface area contributed by atoms with Crippen molar-refractivity contribution in [2.45, 2.75) is 0 Å². The van der Waals surface area contributed by atoms with Gasteiger partial charge in [-0.2, -0.15) is 0 Å². The van der Waals surface area contributed by atoms with Gasteiger partial charge < -0.3 is 0 Å². The SMILES string of the molecule is O=C(/C=C/c1cnc(-c2cccc([N+](=O)[O-])c2)nc1)NNc1ccccc1. The minimum Gasteiger partial charge on any atom is -0.298 e. The first-order valence-corrected chi connectivity index (χ1v) is 7.98. The molecule has 2 aromatic carbocycles. The zero-order valence-corrected chi connectivity index (χ0v) is 14.1. The third-order valence-electron chi connectivity index (χ3n) is 3.52. The average Bonchev–Trinajstić information content (AvgIpc) is 2.72. The Kier molecular flexibility index (Phi) is 5.48. The Labute approximate surface area is 154 Å². The molecule has 8 heteroatoms. The van der Waals surface area contributed by atoms with Crippen LogP contribution in [0.25, 0.3) is 17.5 Å². The van der Waals surface area contributed by atoms with Crippen LogP contribution in [0.1, 0.15) is 5.56 Å². The van der Waals surface area contributed by atoms with Gasteiger partial charge >= 0.3 is 0 Å². The van der Waals surface area contributed by atoms with Crippen molar-refractivity contribution < 1.29 is 9.72 Å². The number of nitrogens with one attached hydrogen (secondary N) is 2. The highest BCUT2D eigenvalue weighted by Gasteiger charge is 2.08. The van der Waals surface area contributed by atoms with E-state index in [1.807, 2.05) is 30.3 Å². The molecule has 1 amide bonds. The molecule has 1 aromatic heterocycles. The summed E-state index contributed by atoms with van der Waals surface area (Å²) in [6.07, 6.45) is 5.99. The molecule has 1 heterocycles. The number of aromatic nitrogens is 2. The highest BCUT2D eigenvalue weighted by Crippen LogP contribution is 2.20. The molecule has 134 valence electrons. The van der Waals surface area contributed by atoms with Gasteiger partial charge in [0.25, 0.3) is 11.6 Å². The van der Waals surface area contributed by atoms with Crippen molar-refractivity contribution in [2.75, 3.05) is 5.43 Å². The van der Waals surface area contributed by atoms with E-state index in [9.17, 15) is 14.9 Å². The predicted octanol–water partition coefficient (Wildman–Crippen LogP) is 3.21. The summed E-state index contributed by atoms with van der Waals surface area (Å²) >= 11 is 0. The number of rotatable bonds is 6. The number of carbonyl (C=O) groups excluding carboxylic acids is 1. The second kappa shape index (κ2) is 8.34. The first-order chi connectivity index (χ1) is 13.1. The maximum Gasteiger partial charge on any atom is 0.270 e. The normalized spacial score (nSPS) is 10.5. The number of benzene rings is 2. The molecule has 0 spiro atoms. The van der Waals surface area contributed by atoms with Crippen molar-refractivity contribution >= 4 is 23.4 Å². The summed E-state index contributed by atoms with van der Waals surface area (Å²) in [4.78, 5) is 30.6. The smallest absolute Gasteiger partial charge is 0.270 e. The zero-order valence-electron chi connectivity index (χ0n) is 14.1. The number of nitro groups is 1. The van der Waals surface area contributed by atoms with Crippen LogP contribution < -0.4 is 10.9 Å². The lowest BCUT2D eigenvalue weighted by molar-refractivity contribution is -0.384. The van der Waals surface area contributed by atoms with E-state index >= 15 is 0 Å². The first-order valence-electron chi connectivity index (χ1n) is 7.98. The maximum absolute atomic E-state index is 11.8. The van der Waals surface area contributed by atoms with Crippen molar-refractivity contribution in [1.82, 2.24) is 15.4 Å².